The van der Waals surface area contributed by atoms with E-state index in [1.165, 1.54) is 12.1 Å². The maximum Gasteiger partial charge on any atom is 0.270 e. The molecule has 0 unspecified atom stereocenters. The van der Waals surface area contributed by atoms with Gasteiger partial charge in [0.1, 0.15) is 6.61 Å². The van der Waals surface area contributed by atoms with Gasteiger partial charge in [0.2, 0.25) is 0 Å². The highest BCUT2D eigenvalue weighted by Gasteiger charge is 2.14. The highest BCUT2D eigenvalue weighted by molar-refractivity contribution is 5.90. The van der Waals surface area contributed by atoms with Crippen molar-refractivity contribution in [1.82, 2.24) is 0 Å². The molecule has 6 nitrogen and oxygen atoms in total. The van der Waals surface area contributed by atoms with Gasteiger partial charge in [-0.1, -0.05) is 24.1 Å². The van der Waals surface area contributed by atoms with Crippen LogP contribution in [0.25, 0.3) is 11.6 Å². The Morgan fingerprint density at radius 3 is 2.76 bits per heavy atom. The van der Waals surface area contributed by atoms with Gasteiger partial charge in [0, 0.05) is 17.7 Å². The second-order valence-electron chi connectivity index (χ2n) is 5.90. The molecule has 0 aromatic heterocycles. The van der Waals surface area contributed by atoms with E-state index in [2.05, 4.69) is 18.6 Å². The van der Waals surface area contributed by atoms with E-state index in [0.29, 0.717) is 35.7 Å². The van der Waals surface area contributed by atoms with Gasteiger partial charge in [-0.15, -0.1) is 13.0 Å². The fourth-order valence-corrected chi connectivity index (χ4v) is 2.75. The number of benzene rings is 2. The van der Waals surface area contributed by atoms with E-state index in [-0.39, 0.29) is 17.9 Å². The van der Waals surface area contributed by atoms with Gasteiger partial charge in [0.25, 0.3) is 5.69 Å². The molecule has 6 heteroatoms. The molecule has 0 aliphatic heterocycles. The lowest BCUT2D eigenvalue weighted by Crippen LogP contribution is -2.03. The Morgan fingerprint density at radius 1 is 1.34 bits per heavy atom. The smallest absolute Gasteiger partial charge is 0.270 e. The zero-order chi connectivity index (χ0) is 21.2. The lowest BCUT2D eigenvalue weighted by molar-refractivity contribution is -0.384. The van der Waals surface area contributed by atoms with Gasteiger partial charge in [0.05, 0.1) is 23.2 Å². The normalized spacial score (nSPS) is 10.5. The molecule has 0 saturated heterocycles. The first kappa shape index (κ1) is 21.3. The van der Waals surface area contributed by atoms with Gasteiger partial charge in [-0.05, 0) is 42.7 Å². The van der Waals surface area contributed by atoms with E-state index in [9.17, 15) is 15.4 Å². The molecule has 0 fully saturated rings. The van der Waals surface area contributed by atoms with Crippen LogP contribution in [-0.2, 0) is 6.42 Å². The highest BCUT2D eigenvalue weighted by atomic mass is 16.6. The summed E-state index contributed by atoms with van der Waals surface area (Å²) in [5.41, 5.74) is 2.17. The summed E-state index contributed by atoms with van der Waals surface area (Å²) in [4.78, 5) is 10.5. The van der Waals surface area contributed by atoms with Crippen LogP contribution in [0.5, 0.6) is 11.5 Å². The molecular formula is C23H20N2O4. The summed E-state index contributed by atoms with van der Waals surface area (Å²) in [6, 6.07) is 11.7. The Hall–Kier alpha value is -4.03. The first-order chi connectivity index (χ1) is 14.0. The monoisotopic (exact) mass is 388 g/mol. The Kier molecular flexibility index (Phi) is 7.59. The van der Waals surface area contributed by atoms with E-state index >= 15 is 0 Å². The minimum absolute atomic E-state index is 0.0796. The molecule has 0 amide bonds. The van der Waals surface area contributed by atoms with Crippen LogP contribution in [0.1, 0.15) is 23.6 Å². The fraction of sp³-hybridized carbons (Fsp3) is 0.174. The average molecular weight is 388 g/mol. The lowest BCUT2D eigenvalue weighted by atomic mass is 10.0. The predicted molar refractivity (Wildman–Crippen MR) is 112 cm³/mol. The van der Waals surface area contributed by atoms with Crippen LogP contribution in [0.4, 0.5) is 5.69 Å². The molecule has 0 saturated carbocycles. The summed E-state index contributed by atoms with van der Waals surface area (Å²) < 4.78 is 11.4. The van der Waals surface area contributed by atoms with Crippen molar-refractivity contribution in [3.05, 3.63) is 75.9 Å². The molecule has 0 spiro atoms. The number of hydrogen-bond donors (Lipinski definition) is 0. The first-order valence-corrected chi connectivity index (χ1v) is 8.87. The molecule has 0 aliphatic carbocycles. The molecule has 0 atom stereocenters. The number of nitro groups is 1. The van der Waals surface area contributed by atoms with Crippen molar-refractivity contribution >= 4 is 17.3 Å². The summed E-state index contributed by atoms with van der Waals surface area (Å²) in [5, 5.41) is 20.6. The summed E-state index contributed by atoms with van der Waals surface area (Å²) >= 11 is 0. The number of rotatable bonds is 9. The van der Waals surface area contributed by atoms with E-state index in [0.717, 1.165) is 5.56 Å². The van der Waals surface area contributed by atoms with Crippen LogP contribution in [0, 0.1) is 33.8 Å². The van der Waals surface area contributed by atoms with Crippen LogP contribution in [0.3, 0.4) is 0 Å². The van der Waals surface area contributed by atoms with Gasteiger partial charge in [-0.2, -0.15) is 5.26 Å². The number of nitriles is 1. The first-order valence-electron chi connectivity index (χ1n) is 8.87. The predicted octanol–water partition coefficient (Wildman–Crippen LogP) is 4.80. The molecule has 2 rings (SSSR count). The van der Waals surface area contributed by atoms with Gasteiger partial charge < -0.3 is 9.47 Å². The van der Waals surface area contributed by atoms with E-state index < -0.39 is 4.92 Å². The molecule has 29 heavy (non-hydrogen) atoms. The van der Waals surface area contributed by atoms with Crippen molar-refractivity contribution in [2.45, 2.75) is 13.3 Å². The zero-order valence-electron chi connectivity index (χ0n) is 16.1. The van der Waals surface area contributed by atoms with Gasteiger partial charge >= 0.3 is 0 Å². The molecule has 2 aromatic carbocycles. The fourth-order valence-electron chi connectivity index (χ4n) is 2.75. The SMILES string of the molecule is C#CCOc1c(CC=C)cc(/C=C(/C#N)c2cccc([N+](=O)[O-])c2)cc1OCC. The molecule has 0 heterocycles. The van der Waals surface area contributed by atoms with E-state index in [4.69, 9.17) is 15.9 Å². The minimum Gasteiger partial charge on any atom is -0.490 e. The summed E-state index contributed by atoms with van der Waals surface area (Å²) in [6.07, 6.45) is 9.20. The second kappa shape index (κ2) is 10.3. The zero-order valence-corrected chi connectivity index (χ0v) is 16.1. The van der Waals surface area contributed by atoms with Crippen molar-refractivity contribution in [3.8, 4) is 29.9 Å². The quantitative estimate of drug-likeness (QED) is 0.154. The molecule has 0 N–H and O–H groups in total. The van der Waals surface area contributed by atoms with Crippen LogP contribution < -0.4 is 9.47 Å². The third kappa shape index (κ3) is 5.47. The van der Waals surface area contributed by atoms with Crippen molar-refractivity contribution in [2.75, 3.05) is 13.2 Å². The second-order valence-corrected chi connectivity index (χ2v) is 5.90. The van der Waals surface area contributed by atoms with E-state index in [1.807, 2.05) is 13.0 Å². The Balaban J connectivity index is 2.58. The third-order valence-corrected chi connectivity index (χ3v) is 3.92. The topological polar surface area (TPSA) is 85.4 Å². The number of hydrogen-bond acceptors (Lipinski definition) is 5. The molecular weight excluding hydrogens is 368 g/mol. The van der Waals surface area contributed by atoms with Gasteiger partial charge in [0.15, 0.2) is 11.5 Å². The van der Waals surface area contributed by atoms with Gasteiger partial charge in [-0.3, -0.25) is 10.1 Å². The van der Waals surface area contributed by atoms with E-state index in [1.54, 1.807) is 30.4 Å². The lowest BCUT2D eigenvalue weighted by Gasteiger charge is -2.15. The Morgan fingerprint density at radius 2 is 2.14 bits per heavy atom. The van der Waals surface area contributed by atoms with Crippen molar-refractivity contribution in [3.63, 3.8) is 0 Å². The van der Waals surface area contributed by atoms with Crippen molar-refractivity contribution < 1.29 is 14.4 Å². The van der Waals surface area contributed by atoms with Gasteiger partial charge in [-0.25, -0.2) is 0 Å². The van der Waals surface area contributed by atoms with Crippen LogP contribution in [-0.4, -0.2) is 18.1 Å². The number of terminal acetylenes is 1. The number of ether oxygens (including phenoxy) is 2. The molecule has 0 aliphatic rings. The van der Waals surface area contributed by atoms with Crippen molar-refractivity contribution in [2.24, 2.45) is 0 Å². The number of nitro benzene ring substituents is 1. The number of non-ortho nitro benzene ring substituents is 1. The largest absolute Gasteiger partial charge is 0.490 e. The maximum atomic E-state index is 11.0. The molecule has 0 radical (unpaired) electrons. The molecule has 2 aromatic rings. The number of nitrogens with zero attached hydrogens (tertiary/aromatic N) is 2. The molecule has 146 valence electrons. The highest BCUT2D eigenvalue weighted by Crippen LogP contribution is 2.35. The van der Waals surface area contributed by atoms with Crippen molar-refractivity contribution in [1.29, 1.82) is 5.26 Å². The minimum atomic E-state index is -0.495. The third-order valence-electron chi connectivity index (χ3n) is 3.92. The standard InChI is InChI=1S/C23H20N2O4/c1-4-8-19-12-17(14-22(28-6-3)23(19)29-11-5-2)13-20(16-24)18-9-7-10-21(15-18)25(26)27/h2,4,7,9-10,12-15H,1,6,8,11H2,3H3/b20-13-. The average Bonchev–Trinajstić information content (AvgIpc) is 2.72. The number of allylic oxidation sites excluding steroid dienone is 2. The Bertz CT molecular complexity index is 1030. The molecule has 0 bridgehead atoms. The summed E-state index contributed by atoms with van der Waals surface area (Å²) in [5.74, 6) is 3.48. The van der Waals surface area contributed by atoms with Crippen LogP contribution in [0.2, 0.25) is 0 Å². The summed E-state index contributed by atoms with van der Waals surface area (Å²) in [6.45, 7) is 6.13. The summed E-state index contributed by atoms with van der Waals surface area (Å²) in [7, 11) is 0. The Labute approximate surface area is 169 Å². The van der Waals surface area contributed by atoms with Crippen LogP contribution >= 0.6 is 0 Å². The maximum absolute atomic E-state index is 11.0. The van der Waals surface area contributed by atoms with Crippen LogP contribution in [0.15, 0.2) is 49.1 Å².